The number of aromatic amines is 1. The van der Waals surface area contributed by atoms with Crippen LogP contribution >= 0.6 is 0 Å². The van der Waals surface area contributed by atoms with E-state index in [-0.39, 0.29) is 0 Å². The lowest BCUT2D eigenvalue weighted by molar-refractivity contribution is -0.660. The molecule has 6 heteroatoms. The summed E-state index contributed by atoms with van der Waals surface area (Å²) in [6, 6.07) is 41.6. The summed E-state index contributed by atoms with van der Waals surface area (Å²) in [6.45, 7) is 0. The molecule has 0 radical (unpaired) electrons. The van der Waals surface area contributed by atoms with Crippen LogP contribution in [0.25, 0.3) is 91.3 Å². The Morgan fingerprint density at radius 3 is 1.44 bits per heavy atom. The van der Waals surface area contributed by atoms with Gasteiger partial charge in [-0.1, -0.05) is 60.7 Å². The SMILES string of the molecule is C[n+]1ccccc1-c1c2nc(c(-c3cccc[n+]3C)c3ccc([nH]3)c(-c3ccccc3)c3ccc(o3)c(-c3ccccc3)c3nc1C=C3)C=C2. The summed E-state index contributed by atoms with van der Waals surface area (Å²) in [5.74, 6) is 0. The third-order valence-corrected chi connectivity index (χ3v) is 9.37. The van der Waals surface area contributed by atoms with Crippen LogP contribution in [0.15, 0.2) is 138 Å². The van der Waals surface area contributed by atoms with E-state index in [2.05, 4.69) is 162 Å². The van der Waals surface area contributed by atoms with Crippen LogP contribution in [0.5, 0.6) is 0 Å². The highest BCUT2D eigenvalue weighted by atomic mass is 16.3. The molecule has 0 spiro atoms. The van der Waals surface area contributed by atoms with Gasteiger partial charge in [-0.05, 0) is 71.8 Å². The fourth-order valence-corrected chi connectivity index (χ4v) is 7.00. The molecular weight excluding hydrogens is 615 g/mol. The number of fused-ring (bicyclic) bond motifs is 8. The Hall–Kier alpha value is -6.66. The summed E-state index contributed by atoms with van der Waals surface area (Å²) in [7, 11) is 4.13. The van der Waals surface area contributed by atoms with E-state index >= 15 is 0 Å². The maximum Gasteiger partial charge on any atom is 0.216 e. The summed E-state index contributed by atoms with van der Waals surface area (Å²) in [5, 5.41) is 0. The van der Waals surface area contributed by atoms with Crippen molar-refractivity contribution in [3.05, 3.63) is 156 Å². The van der Waals surface area contributed by atoms with Crippen molar-refractivity contribution in [2.45, 2.75) is 0 Å². The van der Waals surface area contributed by atoms with Crippen molar-refractivity contribution in [1.29, 1.82) is 0 Å². The standard InChI is InChI=1S/C44H32N5O/c1-48-27-11-9-17-37(48)43-33-21-19-31(45-33)41(29-13-5-3-6-14-29)39-25-26-40(50-39)42(30-15-7-4-8-16-30)32-20-22-34(46-32)44(36-24-23-35(43)47-36)38-18-10-12-28-49(38)2/h3-28H,1-2H3/q+1/p+1. The van der Waals surface area contributed by atoms with E-state index in [1.807, 2.05) is 24.3 Å². The predicted octanol–water partition coefficient (Wildman–Crippen LogP) is 9.24. The minimum atomic E-state index is 0.743. The molecule has 8 bridgehead atoms. The van der Waals surface area contributed by atoms with Crippen LogP contribution in [0, 0.1) is 0 Å². The van der Waals surface area contributed by atoms with E-state index in [9.17, 15) is 0 Å². The lowest BCUT2D eigenvalue weighted by atomic mass is 10.0. The molecule has 0 fully saturated rings. The van der Waals surface area contributed by atoms with Crippen molar-refractivity contribution in [2.75, 3.05) is 0 Å². The Morgan fingerprint density at radius 2 is 0.880 bits per heavy atom. The van der Waals surface area contributed by atoms with Crippen LogP contribution in [-0.2, 0) is 14.1 Å². The maximum atomic E-state index is 6.87. The number of aromatic nitrogens is 5. The quantitative estimate of drug-likeness (QED) is 0.194. The summed E-state index contributed by atoms with van der Waals surface area (Å²) in [4.78, 5) is 14.5. The molecule has 0 saturated carbocycles. The van der Waals surface area contributed by atoms with Crippen LogP contribution in [0.2, 0.25) is 0 Å². The summed E-state index contributed by atoms with van der Waals surface area (Å²) < 4.78 is 11.1. The Kier molecular flexibility index (Phi) is 7.13. The number of benzene rings is 2. The van der Waals surface area contributed by atoms with Crippen LogP contribution in [0.3, 0.4) is 0 Å². The number of aryl methyl sites for hydroxylation is 2. The van der Waals surface area contributed by atoms with Gasteiger partial charge >= 0.3 is 0 Å². The number of hydrogen-bond acceptors (Lipinski definition) is 3. The van der Waals surface area contributed by atoms with Gasteiger partial charge in [0.2, 0.25) is 11.4 Å². The predicted molar refractivity (Wildman–Crippen MR) is 201 cm³/mol. The zero-order chi connectivity index (χ0) is 33.6. The van der Waals surface area contributed by atoms with Crippen LogP contribution in [0.4, 0.5) is 0 Å². The normalized spacial score (nSPS) is 12.0. The van der Waals surface area contributed by atoms with Crippen molar-refractivity contribution in [3.63, 3.8) is 0 Å². The van der Waals surface area contributed by atoms with Crippen molar-refractivity contribution in [1.82, 2.24) is 15.0 Å². The molecule has 5 aromatic heterocycles. The van der Waals surface area contributed by atoms with Gasteiger partial charge in [-0.15, -0.1) is 0 Å². The summed E-state index contributed by atoms with van der Waals surface area (Å²) >= 11 is 0. The highest BCUT2D eigenvalue weighted by molar-refractivity contribution is 5.98. The van der Waals surface area contributed by atoms with Crippen molar-refractivity contribution in [2.24, 2.45) is 14.1 Å². The lowest BCUT2D eigenvalue weighted by Crippen LogP contribution is -2.30. The topological polar surface area (TPSA) is 62.5 Å². The number of nitrogens with zero attached hydrogens (tertiary/aromatic N) is 4. The minimum absolute atomic E-state index is 0.743. The van der Waals surface area contributed by atoms with Gasteiger partial charge in [-0.2, -0.15) is 0 Å². The van der Waals surface area contributed by atoms with E-state index in [4.69, 9.17) is 14.4 Å². The van der Waals surface area contributed by atoms with Gasteiger partial charge < -0.3 is 9.40 Å². The molecule has 238 valence electrons. The number of hydrogen-bond donors (Lipinski definition) is 1. The van der Waals surface area contributed by atoms with Gasteiger partial charge in [-0.3, -0.25) is 0 Å². The average molecular weight is 648 g/mol. The van der Waals surface area contributed by atoms with Gasteiger partial charge in [0, 0.05) is 29.8 Å². The van der Waals surface area contributed by atoms with Crippen LogP contribution in [-0.4, -0.2) is 15.0 Å². The second-order valence-electron chi connectivity index (χ2n) is 12.5. The first-order valence-corrected chi connectivity index (χ1v) is 16.7. The Balaban J connectivity index is 1.50. The molecule has 7 aromatic rings. The largest absolute Gasteiger partial charge is 0.456 e. The highest BCUT2D eigenvalue weighted by Crippen LogP contribution is 2.38. The van der Waals surface area contributed by atoms with E-state index in [1.54, 1.807) is 0 Å². The molecular formula is C44H33N5O+2. The molecule has 0 aliphatic carbocycles. The first-order valence-electron chi connectivity index (χ1n) is 16.7. The summed E-state index contributed by atoms with van der Waals surface area (Å²) in [6.07, 6.45) is 12.5. The van der Waals surface area contributed by atoms with Crippen molar-refractivity contribution in [3.8, 4) is 44.8 Å². The van der Waals surface area contributed by atoms with Gasteiger partial charge in [0.25, 0.3) is 0 Å². The fraction of sp³-hybridized carbons (Fsp3) is 0.0455. The zero-order valence-corrected chi connectivity index (χ0v) is 27.7. The molecule has 1 N–H and O–H groups in total. The molecule has 7 heterocycles. The highest BCUT2D eigenvalue weighted by Gasteiger charge is 2.24. The smallest absolute Gasteiger partial charge is 0.216 e. The van der Waals surface area contributed by atoms with Gasteiger partial charge in [0.1, 0.15) is 25.3 Å². The molecule has 2 aromatic carbocycles. The van der Waals surface area contributed by atoms with Crippen molar-refractivity contribution >= 4 is 46.5 Å². The second-order valence-corrected chi connectivity index (χ2v) is 12.5. The number of rotatable bonds is 4. The van der Waals surface area contributed by atoms with Crippen molar-refractivity contribution < 1.29 is 13.6 Å². The number of nitrogens with one attached hydrogen (secondary N) is 1. The Bertz CT molecular complexity index is 2670. The molecule has 0 atom stereocenters. The fourth-order valence-electron chi connectivity index (χ4n) is 7.00. The number of furan rings is 1. The molecule has 50 heavy (non-hydrogen) atoms. The van der Waals surface area contributed by atoms with Gasteiger partial charge in [-0.25, -0.2) is 19.1 Å². The Labute approximate surface area is 289 Å². The molecule has 6 nitrogen and oxygen atoms in total. The molecule has 2 aliphatic rings. The molecule has 9 rings (SSSR count). The van der Waals surface area contributed by atoms with E-state index in [1.165, 1.54) is 0 Å². The average Bonchev–Trinajstić information content (AvgIpc) is 3.98. The Morgan fingerprint density at radius 1 is 0.440 bits per heavy atom. The van der Waals surface area contributed by atoms with Crippen LogP contribution in [0.1, 0.15) is 22.8 Å². The monoisotopic (exact) mass is 647 g/mol. The second kappa shape index (κ2) is 12.1. The lowest BCUT2D eigenvalue weighted by Gasteiger charge is -2.05. The molecule has 0 unspecified atom stereocenters. The zero-order valence-electron chi connectivity index (χ0n) is 27.7. The number of pyridine rings is 2. The number of H-pyrrole nitrogens is 1. The van der Waals surface area contributed by atoms with Gasteiger partial charge in [0.15, 0.2) is 12.4 Å². The van der Waals surface area contributed by atoms with E-state index < -0.39 is 0 Å². The molecule has 2 aliphatic heterocycles. The van der Waals surface area contributed by atoms with E-state index in [0.29, 0.717) is 0 Å². The summed E-state index contributed by atoms with van der Waals surface area (Å²) in [5.41, 5.74) is 14.8. The third kappa shape index (κ3) is 5.06. The molecule has 0 amide bonds. The minimum Gasteiger partial charge on any atom is -0.456 e. The first kappa shape index (κ1) is 29.5. The van der Waals surface area contributed by atoms with Gasteiger partial charge in [0.05, 0.1) is 50.5 Å². The maximum absolute atomic E-state index is 6.87. The first-order chi connectivity index (χ1) is 24.6. The third-order valence-electron chi connectivity index (χ3n) is 9.37. The van der Waals surface area contributed by atoms with Crippen LogP contribution < -0.4 is 9.13 Å². The molecule has 0 saturated heterocycles. The van der Waals surface area contributed by atoms with E-state index in [0.717, 1.165) is 89.7 Å².